The molecule has 0 saturated heterocycles. The van der Waals surface area contributed by atoms with Gasteiger partial charge in [-0.3, -0.25) is 0 Å². The monoisotopic (exact) mass is 455 g/mol. The fourth-order valence-corrected chi connectivity index (χ4v) is 0. The molecule has 0 spiro atoms. The van der Waals surface area contributed by atoms with E-state index in [0.717, 1.165) is 0 Å². The molecular weight excluding hydrogens is 455 g/mol. The van der Waals surface area contributed by atoms with Crippen molar-refractivity contribution >= 4 is 37.7 Å². The first-order valence-electron chi connectivity index (χ1n) is 0. The predicted octanol–water partition coefficient (Wildman–Crippen LogP) is -0.977. The number of hydrogen-bond donors (Lipinski definition) is 0. The Bertz CT molecular complexity index is 16.9. The largest absolute Gasteiger partial charge is 3.00 e. The van der Waals surface area contributed by atoms with Crippen molar-refractivity contribution in [2.45, 2.75) is 0 Å². The molecule has 0 aliphatic carbocycles. The van der Waals surface area contributed by atoms with Crippen molar-refractivity contribution in [3.8, 4) is 0 Å². The van der Waals surface area contributed by atoms with Crippen LogP contribution < -0.4 is 0 Å². The van der Waals surface area contributed by atoms with Gasteiger partial charge in [0.2, 0.25) is 0 Å². The van der Waals surface area contributed by atoms with Gasteiger partial charge < -0.3 is 27.4 Å². The second-order valence-corrected chi connectivity index (χ2v) is 0. The van der Waals surface area contributed by atoms with Gasteiger partial charge in [0.25, 0.3) is 0 Å². The molecule has 0 saturated carbocycles. The molecule has 0 atom stereocenters. The van der Waals surface area contributed by atoms with Gasteiger partial charge in [-0.2, -0.15) is 0 Å². The quantitative estimate of drug-likeness (QED) is 0.415. The second-order valence-electron chi connectivity index (χ2n) is 0. The van der Waals surface area contributed by atoms with E-state index in [0.29, 0.717) is 0 Å². The first-order chi connectivity index (χ1) is 0. The Morgan fingerprint density at radius 2 is 0.556 bits per heavy atom. The molecule has 0 rings (SSSR count). The Morgan fingerprint density at radius 1 is 0.556 bits per heavy atom. The summed E-state index contributed by atoms with van der Waals surface area (Å²) >= 11 is 0. The summed E-state index contributed by atoms with van der Waals surface area (Å²) in [6, 6.07) is 0. The molecule has 0 bridgehead atoms. The van der Waals surface area contributed by atoms with Crippen molar-refractivity contribution in [2.75, 3.05) is 0 Å². The van der Waals surface area contributed by atoms with E-state index in [4.69, 9.17) is 0 Å². The van der Waals surface area contributed by atoms with Crippen molar-refractivity contribution in [3.63, 3.8) is 0 Å². The van der Waals surface area contributed by atoms with Crippen molar-refractivity contribution in [1.82, 2.24) is 0 Å². The summed E-state index contributed by atoms with van der Waals surface area (Å²) < 4.78 is 0. The summed E-state index contributed by atoms with van der Waals surface area (Å²) in [5.74, 6) is 0. The van der Waals surface area contributed by atoms with Crippen LogP contribution in [0.2, 0.25) is 0 Å². The molecule has 0 aromatic heterocycles. The van der Waals surface area contributed by atoms with E-state index >= 15 is 0 Å². The minimum atomic E-state index is 0. The molecule has 45 valence electrons. The zero-order valence-electron chi connectivity index (χ0n) is 4.28. The van der Waals surface area contributed by atoms with E-state index in [2.05, 4.69) is 0 Å². The molecular formula is CaLaMnO5Pr. The minimum absolute atomic E-state index is 0. The number of hydrogen-bond acceptors (Lipinski definition) is 0. The Labute approximate surface area is 155 Å². The fourth-order valence-electron chi connectivity index (χ4n) is 0. The summed E-state index contributed by atoms with van der Waals surface area (Å²) in [5, 5.41) is 0. The minimum Gasteiger partial charge on any atom is -2.00 e. The maximum absolute atomic E-state index is 0. The van der Waals surface area contributed by atoms with Gasteiger partial charge in [0.05, 0.1) is 0 Å². The van der Waals surface area contributed by atoms with E-state index in [-0.39, 0.29) is 159 Å². The van der Waals surface area contributed by atoms with Crippen LogP contribution in [0, 0.1) is 76.9 Å². The Hall–Kier alpha value is 4.14. The van der Waals surface area contributed by atoms with Crippen LogP contribution in [-0.4, -0.2) is 37.7 Å². The molecule has 0 fully saturated rings. The summed E-state index contributed by atoms with van der Waals surface area (Å²) in [4.78, 5) is 0. The van der Waals surface area contributed by atoms with Crippen LogP contribution in [-0.2, 0) is 44.4 Å². The van der Waals surface area contributed by atoms with E-state index < -0.39 is 0 Å². The van der Waals surface area contributed by atoms with E-state index in [1.54, 1.807) is 0 Å². The van der Waals surface area contributed by atoms with Crippen LogP contribution in [0.1, 0.15) is 0 Å². The van der Waals surface area contributed by atoms with E-state index in [1.165, 1.54) is 0 Å². The van der Waals surface area contributed by atoms with Gasteiger partial charge in [0, 0.05) is 0 Å². The average molecular weight is 455 g/mol. The van der Waals surface area contributed by atoms with Crippen molar-refractivity contribution in [1.29, 1.82) is 0 Å². The summed E-state index contributed by atoms with van der Waals surface area (Å²) in [6.45, 7) is 0. The van der Waals surface area contributed by atoms with Gasteiger partial charge in [-0.1, -0.05) is 0 Å². The zero-order valence-corrected chi connectivity index (χ0v) is 15.0. The topological polar surface area (TPSA) is 142 Å². The molecule has 9 heavy (non-hydrogen) atoms. The van der Waals surface area contributed by atoms with Crippen LogP contribution in [0.3, 0.4) is 0 Å². The summed E-state index contributed by atoms with van der Waals surface area (Å²) in [6.07, 6.45) is 0. The van der Waals surface area contributed by atoms with Gasteiger partial charge in [0.1, 0.15) is 0 Å². The molecule has 0 aromatic rings. The molecule has 0 unspecified atom stereocenters. The van der Waals surface area contributed by atoms with Crippen LogP contribution in [0.15, 0.2) is 0 Å². The molecule has 1 radical (unpaired) electrons. The van der Waals surface area contributed by atoms with Crippen LogP contribution in [0.4, 0.5) is 0 Å². The van der Waals surface area contributed by atoms with Crippen molar-refractivity contribution < 1.29 is 121 Å². The van der Waals surface area contributed by atoms with Gasteiger partial charge >= 0.3 is 132 Å². The smallest absolute Gasteiger partial charge is 2.00 e. The molecule has 0 amide bonds. The molecule has 0 aliphatic heterocycles. The van der Waals surface area contributed by atoms with Crippen LogP contribution >= 0.6 is 0 Å². The first kappa shape index (κ1) is 113. The first-order valence-corrected chi connectivity index (χ1v) is 0. The second kappa shape index (κ2) is 87.9. The predicted molar refractivity (Wildman–Crippen MR) is 9.19 cm³/mol. The molecule has 5 nitrogen and oxygen atoms in total. The van der Waals surface area contributed by atoms with Crippen LogP contribution in [0.5, 0.6) is 0 Å². The molecule has 9 heteroatoms. The standard InChI is InChI=1S/Ca.La.Mn.5O.Pr/q+2;+3;+2;5*-2;+3. The van der Waals surface area contributed by atoms with Crippen molar-refractivity contribution in [3.05, 3.63) is 0 Å². The van der Waals surface area contributed by atoms with Crippen LogP contribution in [0.25, 0.3) is 0 Å². The Morgan fingerprint density at radius 3 is 0.556 bits per heavy atom. The third-order valence-electron chi connectivity index (χ3n) is 0. The van der Waals surface area contributed by atoms with Gasteiger partial charge in [-0.05, 0) is 0 Å². The summed E-state index contributed by atoms with van der Waals surface area (Å²) in [5.41, 5.74) is 0. The molecule has 0 N–H and O–H groups in total. The third kappa shape index (κ3) is 72.9. The van der Waals surface area contributed by atoms with Gasteiger partial charge in [0.15, 0.2) is 0 Å². The molecule has 0 aliphatic rings. The van der Waals surface area contributed by atoms with Gasteiger partial charge in [-0.25, -0.2) is 0 Å². The molecule has 0 heterocycles. The Kier molecular flexibility index (Phi) is 1100. The maximum Gasteiger partial charge on any atom is 3.00 e. The Balaban J connectivity index is 0. The molecule has 0 aromatic carbocycles. The van der Waals surface area contributed by atoms with Gasteiger partial charge in [-0.15, -0.1) is 0 Å². The average Bonchev–Trinajstić information content (AvgIpc) is 0. The normalized spacial score (nSPS) is 0. The fraction of sp³-hybridized carbons (Fsp3) is 0. The summed E-state index contributed by atoms with van der Waals surface area (Å²) in [7, 11) is 0. The number of rotatable bonds is 0. The van der Waals surface area contributed by atoms with Crippen molar-refractivity contribution in [2.24, 2.45) is 0 Å². The maximum atomic E-state index is 0. The van der Waals surface area contributed by atoms with E-state index in [1.807, 2.05) is 0 Å². The zero-order chi connectivity index (χ0) is 0. The third-order valence-corrected chi connectivity index (χ3v) is 0. The SMILES string of the molecule is [Ca+2].[La+3].[Mn+2].[O-2].[O-2].[O-2].[O-2].[O-2].[Pr+3]. The van der Waals surface area contributed by atoms with E-state index in [9.17, 15) is 0 Å².